The number of hydrogen-bond donors (Lipinski definition) is 0. The summed E-state index contributed by atoms with van der Waals surface area (Å²) in [4.78, 5) is 0. The van der Waals surface area contributed by atoms with Crippen molar-refractivity contribution < 1.29 is 0 Å². The van der Waals surface area contributed by atoms with Gasteiger partial charge in [0.25, 0.3) is 0 Å². The SMILES string of the molecule is CCP(CC)CCCCP(CCCCP(CC)CC)CCCCP(CC)CC. The van der Waals surface area contributed by atoms with Crippen LogP contribution >= 0.6 is 31.7 Å². The molecule has 0 radical (unpaired) electrons. The van der Waals surface area contributed by atoms with Crippen LogP contribution < -0.4 is 0 Å². The van der Waals surface area contributed by atoms with Gasteiger partial charge in [-0.1, -0.05) is 41.5 Å². The average molecular weight is 467 g/mol. The fourth-order valence-electron chi connectivity index (χ4n) is 3.97. The predicted octanol–water partition coefficient (Wildman–Crippen LogP) is 9.37. The highest BCUT2D eigenvalue weighted by Gasteiger charge is 2.11. The van der Waals surface area contributed by atoms with E-state index in [2.05, 4.69) is 41.5 Å². The zero-order valence-electron chi connectivity index (χ0n) is 20.5. The maximum Gasteiger partial charge on any atom is -0.0326 e. The molecule has 0 N–H and O–H groups in total. The highest BCUT2D eigenvalue weighted by atomic mass is 31.1. The van der Waals surface area contributed by atoms with Gasteiger partial charge in [0.1, 0.15) is 0 Å². The first-order valence-electron chi connectivity index (χ1n) is 12.5. The van der Waals surface area contributed by atoms with Crippen molar-refractivity contribution in [2.45, 2.75) is 80.1 Å². The Kier molecular flexibility index (Phi) is 23.3. The summed E-state index contributed by atoms with van der Waals surface area (Å²) in [7, 11) is 1.47. The summed E-state index contributed by atoms with van der Waals surface area (Å²) in [6, 6.07) is 0. The van der Waals surface area contributed by atoms with Gasteiger partial charge in [0.15, 0.2) is 0 Å². The van der Waals surface area contributed by atoms with E-state index in [1.807, 2.05) is 0 Å². The fraction of sp³-hybridized carbons (Fsp3) is 1.00. The van der Waals surface area contributed by atoms with Crippen LogP contribution in [0.25, 0.3) is 0 Å². The van der Waals surface area contributed by atoms with Crippen LogP contribution in [0.15, 0.2) is 0 Å². The molecule has 28 heavy (non-hydrogen) atoms. The van der Waals surface area contributed by atoms with Crippen molar-refractivity contribution in [3.63, 3.8) is 0 Å². The second kappa shape index (κ2) is 21.9. The molecule has 0 aromatic carbocycles. The van der Waals surface area contributed by atoms with E-state index in [1.165, 1.54) is 75.5 Å². The molecule has 0 aliphatic carbocycles. The van der Waals surface area contributed by atoms with Crippen LogP contribution in [0.4, 0.5) is 0 Å². The van der Waals surface area contributed by atoms with Crippen molar-refractivity contribution >= 4 is 31.7 Å². The summed E-state index contributed by atoms with van der Waals surface area (Å²) in [5.74, 6) is 0. The highest BCUT2D eigenvalue weighted by Crippen LogP contribution is 2.43. The zero-order valence-corrected chi connectivity index (χ0v) is 24.1. The van der Waals surface area contributed by atoms with Crippen LogP contribution in [0.3, 0.4) is 0 Å². The van der Waals surface area contributed by atoms with Gasteiger partial charge in [0, 0.05) is 0 Å². The minimum Gasteiger partial charge on any atom is -0.107 e. The van der Waals surface area contributed by atoms with Gasteiger partial charge in [-0.15, -0.1) is 31.7 Å². The lowest BCUT2D eigenvalue weighted by atomic mass is 10.4. The zero-order chi connectivity index (χ0) is 21.0. The van der Waals surface area contributed by atoms with Crippen LogP contribution in [0.1, 0.15) is 80.1 Å². The Morgan fingerprint density at radius 2 is 0.464 bits per heavy atom. The third-order valence-electron chi connectivity index (χ3n) is 6.28. The molecule has 0 rings (SSSR count). The van der Waals surface area contributed by atoms with Crippen molar-refractivity contribution in [2.24, 2.45) is 0 Å². The van der Waals surface area contributed by atoms with Gasteiger partial charge in [-0.05, 0) is 112 Å². The third-order valence-corrected chi connectivity index (χ3v) is 17.3. The van der Waals surface area contributed by atoms with E-state index in [0.717, 1.165) is 0 Å². The quantitative estimate of drug-likeness (QED) is 0.117. The van der Waals surface area contributed by atoms with E-state index in [4.69, 9.17) is 0 Å². The minimum atomic E-state index is 0.343. The summed E-state index contributed by atoms with van der Waals surface area (Å²) in [6.45, 7) is 14.4. The number of rotatable bonds is 21. The van der Waals surface area contributed by atoms with Crippen LogP contribution in [0, 0.1) is 0 Å². The van der Waals surface area contributed by atoms with Crippen molar-refractivity contribution in [3.8, 4) is 0 Å². The molecule has 0 saturated heterocycles. The molecule has 0 aromatic heterocycles. The van der Waals surface area contributed by atoms with E-state index in [0.29, 0.717) is 31.7 Å². The maximum atomic E-state index is 2.41. The van der Waals surface area contributed by atoms with Gasteiger partial charge in [0.05, 0.1) is 0 Å². The molecule has 0 heterocycles. The number of hydrogen-bond acceptors (Lipinski definition) is 0. The third kappa shape index (κ3) is 16.4. The molecule has 0 aromatic rings. The lowest BCUT2D eigenvalue weighted by Gasteiger charge is -2.20. The normalized spacial score (nSPS) is 12.2. The summed E-state index contributed by atoms with van der Waals surface area (Å²) in [5.41, 5.74) is 0. The smallest absolute Gasteiger partial charge is 0.0326 e. The first kappa shape index (κ1) is 29.7. The van der Waals surface area contributed by atoms with E-state index >= 15 is 0 Å². The van der Waals surface area contributed by atoms with Gasteiger partial charge < -0.3 is 0 Å². The van der Waals surface area contributed by atoms with Crippen LogP contribution in [-0.2, 0) is 0 Å². The highest BCUT2D eigenvalue weighted by molar-refractivity contribution is 7.58. The Bertz CT molecular complexity index is 251. The molecule has 0 bridgehead atoms. The van der Waals surface area contributed by atoms with Crippen molar-refractivity contribution in [3.05, 3.63) is 0 Å². The summed E-state index contributed by atoms with van der Waals surface area (Å²) >= 11 is 0. The predicted molar refractivity (Wildman–Crippen MR) is 148 cm³/mol. The molecule has 0 atom stereocenters. The maximum absolute atomic E-state index is 2.41. The van der Waals surface area contributed by atoms with Crippen molar-refractivity contribution in [1.29, 1.82) is 0 Å². The van der Waals surface area contributed by atoms with Crippen LogP contribution in [0.5, 0.6) is 0 Å². The molecular weight excluding hydrogens is 412 g/mol. The van der Waals surface area contributed by atoms with E-state index in [9.17, 15) is 0 Å². The molecule has 170 valence electrons. The van der Waals surface area contributed by atoms with Gasteiger partial charge >= 0.3 is 0 Å². The van der Waals surface area contributed by atoms with Crippen molar-refractivity contribution in [1.82, 2.24) is 0 Å². The molecule has 0 aliphatic rings. The molecule has 0 unspecified atom stereocenters. The van der Waals surface area contributed by atoms with Crippen LogP contribution in [-0.4, -0.2) is 73.9 Å². The Balaban J connectivity index is 4.17. The fourth-order valence-corrected chi connectivity index (χ4v) is 11.9. The monoisotopic (exact) mass is 466 g/mol. The first-order chi connectivity index (χ1) is 13.6. The molecule has 0 amide bonds. The van der Waals surface area contributed by atoms with Gasteiger partial charge in [-0.2, -0.15) is 0 Å². The molecule has 0 spiro atoms. The van der Waals surface area contributed by atoms with Gasteiger partial charge in [-0.3, -0.25) is 0 Å². The largest absolute Gasteiger partial charge is 0.107 e. The van der Waals surface area contributed by atoms with E-state index in [1.54, 1.807) is 37.0 Å². The molecule has 0 nitrogen and oxygen atoms in total. The van der Waals surface area contributed by atoms with Gasteiger partial charge in [0.2, 0.25) is 0 Å². The molecule has 0 aliphatic heterocycles. The first-order valence-corrected chi connectivity index (χ1v) is 20.1. The Morgan fingerprint density at radius 3 is 0.643 bits per heavy atom. The molecule has 4 heteroatoms. The van der Waals surface area contributed by atoms with Crippen molar-refractivity contribution in [2.75, 3.05) is 73.9 Å². The lowest BCUT2D eigenvalue weighted by molar-refractivity contribution is 0.850. The second-order valence-electron chi connectivity index (χ2n) is 8.04. The topological polar surface area (TPSA) is 0 Å². The van der Waals surface area contributed by atoms with E-state index < -0.39 is 0 Å². The minimum absolute atomic E-state index is 0.343. The second-order valence-corrected chi connectivity index (χ2v) is 19.9. The Morgan fingerprint density at radius 1 is 0.286 bits per heavy atom. The molecular formula is C24H54P4. The summed E-state index contributed by atoms with van der Waals surface area (Å²) < 4.78 is 0. The molecule has 0 saturated carbocycles. The van der Waals surface area contributed by atoms with Crippen LogP contribution in [0.2, 0.25) is 0 Å². The average Bonchev–Trinajstić information content (AvgIpc) is 2.73. The van der Waals surface area contributed by atoms with E-state index in [-0.39, 0.29) is 0 Å². The molecule has 0 fully saturated rings. The Labute approximate surface area is 185 Å². The van der Waals surface area contributed by atoms with Gasteiger partial charge in [-0.25, -0.2) is 0 Å². The lowest BCUT2D eigenvalue weighted by Crippen LogP contribution is -2.00. The Hall–Kier alpha value is 1.72. The number of unbranched alkanes of at least 4 members (excludes halogenated alkanes) is 3. The standard InChI is InChI=1S/C24H54P4/c1-7-25(8-2)19-13-16-22-28(23-17-14-20-26(9-3)10-4)24-18-15-21-27(11-5)12-6/h7-24H2,1-6H3. The summed E-state index contributed by atoms with van der Waals surface area (Å²) in [6.07, 6.45) is 27.4. The summed E-state index contributed by atoms with van der Waals surface area (Å²) in [5, 5.41) is 0.